The van der Waals surface area contributed by atoms with Crippen molar-refractivity contribution in [2.45, 2.75) is 0 Å². The van der Waals surface area contributed by atoms with E-state index in [-0.39, 0.29) is 11.3 Å². The molecule has 0 heterocycles. The van der Waals surface area contributed by atoms with Gasteiger partial charge in [-0.2, -0.15) is 13.7 Å². The second kappa shape index (κ2) is 4.25. The zero-order valence-corrected chi connectivity index (χ0v) is 8.60. The van der Waals surface area contributed by atoms with Crippen LogP contribution >= 0.6 is 0 Å². The highest BCUT2D eigenvalue weighted by Gasteiger charge is 2.10. The van der Waals surface area contributed by atoms with Gasteiger partial charge in [-0.3, -0.25) is 4.72 Å². The van der Waals surface area contributed by atoms with E-state index in [1.165, 1.54) is 19.2 Å². The van der Waals surface area contributed by atoms with Crippen LogP contribution in [0.4, 0.5) is 10.1 Å². The smallest absolute Gasteiger partial charge is 0.268 e. The Morgan fingerprint density at radius 2 is 2.13 bits per heavy atom. The van der Waals surface area contributed by atoms with Crippen LogP contribution < -0.4 is 9.44 Å². The predicted octanol–water partition coefficient (Wildman–Crippen LogP) is 0.573. The first-order valence-corrected chi connectivity index (χ1v) is 5.38. The third-order valence-electron chi connectivity index (χ3n) is 1.61. The van der Waals surface area contributed by atoms with Crippen molar-refractivity contribution in [2.75, 3.05) is 11.8 Å². The molecule has 1 aromatic carbocycles. The summed E-state index contributed by atoms with van der Waals surface area (Å²) < 4.78 is 39.2. The number of benzene rings is 1. The molecule has 1 rings (SSSR count). The van der Waals surface area contributed by atoms with E-state index in [9.17, 15) is 12.8 Å². The lowest BCUT2D eigenvalue weighted by atomic mass is 10.2. The molecule has 1 aromatic rings. The number of nitrogens with one attached hydrogen (secondary N) is 2. The molecule has 0 saturated carbocycles. The fourth-order valence-corrected chi connectivity index (χ4v) is 1.42. The first-order valence-electron chi connectivity index (χ1n) is 3.89. The van der Waals surface area contributed by atoms with Crippen molar-refractivity contribution in [2.24, 2.45) is 0 Å². The Balaban J connectivity index is 3.04. The fourth-order valence-electron chi connectivity index (χ4n) is 0.863. The second-order valence-corrected chi connectivity index (χ2v) is 4.24. The minimum atomic E-state index is -3.74. The van der Waals surface area contributed by atoms with Crippen LogP contribution in [0.2, 0.25) is 0 Å². The SMILES string of the molecule is CNS(=O)(=O)Nc1ccc(C#N)cc1F. The molecule has 0 fully saturated rings. The van der Waals surface area contributed by atoms with E-state index in [0.717, 1.165) is 6.07 Å². The van der Waals surface area contributed by atoms with Crippen molar-refractivity contribution >= 4 is 15.9 Å². The van der Waals surface area contributed by atoms with Crippen molar-refractivity contribution in [3.63, 3.8) is 0 Å². The molecule has 0 aliphatic rings. The van der Waals surface area contributed by atoms with Crippen LogP contribution in [0.1, 0.15) is 5.56 Å². The number of hydrogen-bond acceptors (Lipinski definition) is 3. The third kappa shape index (κ3) is 2.90. The largest absolute Gasteiger partial charge is 0.298 e. The van der Waals surface area contributed by atoms with Gasteiger partial charge < -0.3 is 0 Å². The van der Waals surface area contributed by atoms with Gasteiger partial charge in [-0.25, -0.2) is 9.11 Å². The Hall–Kier alpha value is -1.65. The molecule has 0 atom stereocenters. The van der Waals surface area contributed by atoms with Crippen molar-refractivity contribution in [1.29, 1.82) is 5.26 Å². The maximum absolute atomic E-state index is 13.2. The Labute approximate surface area is 86.7 Å². The highest BCUT2D eigenvalue weighted by molar-refractivity contribution is 7.90. The lowest BCUT2D eigenvalue weighted by Crippen LogP contribution is -2.26. The molecule has 0 radical (unpaired) electrons. The van der Waals surface area contributed by atoms with Gasteiger partial charge in [0, 0.05) is 7.05 Å². The summed E-state index contributed by atoms with van der Waals surface area (Å²) in [5.74, 6) is -0.798. The number of nitrogens with zero attached hydrogens (tertiary/aromatic N) is 1. The van der Waals surface area contributed by atoms with E-state index in [1.54, 1.807) is 6.07 Å². The fraction of sp³-hybridized carbons (Fsp3) is 0.125. The monoisotopic (exact) mass is 229 g/mol. The highest BCUT2D eigenvalue weighted by atomic mass is 32.2. The maximum atomic E-state index is 13.2. The summed E-state index contributed by atoms with van der Waals surface area (Å²) in [5, 5.41) is 8.46. The van der Waals surface area contributed by atoms with Gasteiger partial charge in [-0.15, -0.1) is 0 Å². The average molecular weight is 229 g/mol. The molecule has 0 saturated heterocycles. The van der Waals surface area contributed by atoms with Gasteiger partial charge >= 0.3 is 0 Å². The summed E-state index contributed by atoms with van der Waals surface area (Å²) in [5.41, 5.74) is -0.0803. The van der Waals surface area contributed by atoms with Crippen LogP contribution in [0.15, 0.2) is 18.2 Å². The molecular formula is C8H8FN3O2S. The molecule has 5 nitrogen and oxygen atoms in total. The Kier molecular flexibility index (Phi) is 3.24. The summed E-state index contributed by atoms with van der Waals surface area (Å²) in [6, 6.07) is 5.19. The average Bonchev–Trinajstić information content (AvgIpc) is 2.21. The van der Waals surface area contributed by atoms with Crippen LogP contribution in [-0.4, -0.2) is 15.5 Å². The van der Waals surface area contributed by atoms with E-state index in [1.807, 2.05) is 9.44 Å². The van der Waals surface area contributed by atoms with Crippen LogP contribution in [0.25, 0.3) is 0 Å². The molecule has 2 N–H and O–H groups in total. The molecule has 7 heteroatoms. The van der Waals surface area contributed by atoms with E-state index in [2.05, 4.69) is 0 Å². The Bertz CT molecular complexity index is 507. The van der Waals surface area contributed by atoms with Crippen molar-refractivity contribution < 1.29 is 12.8 Å². The van der Waals surface area contributed by atoms with Gasteiger partial charge in [0.2, 0.25) is 0 Å². The Morgan fingerprint density at radius 3 is 2.60 bits per heavy atom. The number of hydrogen-bond donors (Lipinski definition) is 2. The minimum absolute atomic E-state index is 0.125. The number of nitriles is 1. The summed E-state index contributed by atoms with van der Waals surface area (Å²) in [6.45, 7) is 0. The molecule has 0 amide bonds. The molecular weight excluding hydrogens is 221 g/mol. The zero-order valence-electron chi connectivity index (χ0n) is 7.78. The van der Waals surface area contributed by atoms with Crippen molar-refractivity contribution in [3.8, 4) is 6.07 Å². The van der Waals surface area contributed by atoms with Crippen LogP contribution in [0, 0.1) is 17.1 Å². The van der Waals surface area contributed by atoms with Gasteiger partial charge in [0.15, 0.2) is 0 Å². The van der Waals surface area contributed by atoms with Crippen LogP contribution in [0.3, 0.4) is 0 Å². The van der Waals surface area contributed by atoms with E-state index in [0.29, 0.717) is 0 Å². The van der Waals surface area contributed by atoms with E-state index in [4.69, 9.17) is 5.26 Å². The minimum Gasteiger partial charge on any atom is -0.268 e. The summed E-state index contributed by atoms with van der Waals surface area (Å²) in [7, 11) is -2.54. The zero-order chi connectivity index (χ0) is 11.5. The lowest BCUT2D eigenvalue weighted by molar-refractivity contribution is 0.591. The second-order valence-electron chi connectivity index (χ2n) is 2.62. The summed E-state index contributed by atoms with van der Waals surface area (Å²) in [6.07, 6.45) is 0. The number of halogens is 1. The van der Waals surface area contributed by atoms with E-state index >= 15 is 0 Å². The predicted molar refractivity (Wildman–Crippen MR) is 52.7 cm³/mol. The van der Waals surface area contributed by atoms with Crippen LogP contribution in [0.5, 0.6) is 0 Å². The first-order chi connectivity index (χ1) is 6.98. The number of anilines is 1. The van der Waals surface area contributed by atoms with Gasteiger partial charge in [0.05, 0.1) is 17.3 Å². The van der Waals surface area contributed by atoms with Gasteiger partial charge in [-0.1, -0.05) is 0 Å². The molecule has 0 aliphatic heterocycles. The number of rotatable bonds is 3. The first kappa shape index (κ1) is 11.4. The molecule has 0 bridgehead atoms. The standard InChI is InChI=1S/C8H8FN3O2S/c1-11-15(13,14)12-8-3-2-6(5-10)4-7(8)9/h2-4,11-12H,1H3. The molecule has 0 aromatic heterocycles. The molecule has 0 aliphatic carbocycles. The van der Waals surface area contributed by atoms with Gasteiger partial charge in [0.1, 0.15) is 5.82 Å². The maximum Gasteiger partial charge on any atom is 0.298 e. The van der Waals surface area contributed by atoms with E-state index < -0.39 is 16.0 Å². The topological polar surface area (TPSA) is 82.0 Å². The van der Waals surface area contributed by atoms with Gasteiger partial charge in [-0.05, 0) is 18.2 Å². The molecule has 0 unspecified atom stereocenters. The molecule has 0 spiro atoms. The van der Waals surface area contributed by atoms with Crippen molar-refractivity contribution in [3.05, 3.63) is 29.6 Å². The van der Waals surface area contributed by atoms with Crippen LogP contribution in [-0.2, 0) is 10.2 Å². The van der Waals surface area contributed by atoms with Gasteiger partial charge in [0.25, 0.3) is 10.2 Å². The molecule has 15 heavy (non-hydrogen) atoms. The lowest BCUT2D eigenvalue weighted by Gasteiger charge is -2.06. The third-order valence-corrected chi connectivity index (χ3v) is 2.64. The summed E-state index contributed by atoms with van der Waals surface area (Å²) in [4.78, 5) is 0. The molecule has 80 valence electrons. The van der Waals surface area contributed by atoms with Crippen molar-refractivity contribution in [1.82, 2.24) is 4.72 Å². The summed E-state index contributed by atoms with van der Waals surface area (Å²) >= 11 is 0. The highest BCUT2D eigenvalue weighted by Crippen LogP contribution is 2.15. The quantitative estimate of drug-likeness (QED) is 0.795. The Morgan fingerprint density at radius 1 is 1.47 bits per heavy atom. The normalized spacial score (nSPS) is 10.7.